The van der Waals surface area contributed by atoms with E-state index >= 15 is 0 Å². The standard InChI is InChI=1S/C17H18N2O2/c1-13-9-10-15(21-13)12-19(2)17(20)16-8-4-3-6-14(16)7-5-11-18/h3-4,6,8-10H,11-12,18H2,1-2H3. The van der Waals surface area contributed by atoms with E-state index in [1.165, 1.54) is 0 Å². The van der Waals surface area contributed by atoms with Gasteiger partial charge < -0.3 is 15.1 Å². The van der Waals surface area contributed by atoms with Crippen LogP contribution in [0.4, 0.5) is 0 Å². The molecule has 2 aromatic rings. The molecule has 2 N–H and O–H groups in total. The maximum atomic E-state index is 12.5. The van der Waals surface area contributed by atoms with Crippen molar-refractivity contribution < 1.29 is 9.21 Å². The van der Waals surface area contributed by atoms with Crippen LogP contribution in [0.1, 0.15) is 27.4 Å². The van der Waals surface area contributed by atoms with Crippen molar-refractivity contribution in [3.8, 4) is 11.8 Å². The fourth-order valence-corrected chi connectivity index (χ4v) is 2.01. The number of furan rings is 1. The molecule has 0 saturated heterocycles. The van der Waals surface area contributed by atoms with Gasteiger partial charge in [-0.15, -0.1) is 0 Å². The molecule has 0 unspecified atom stereocenters. The Morgan fingerprint density at radius 3 is 2.71 bits per heavy atom. The number of nitrogens with zero attached hydrogens (tertiary/aromatic N) is 1. The smallest absolute Gasteiger partial charge is 0.255 e. The Hall–Kier alpha value is -2.51. The van der Waals surface area contributed by atoms with E-state index in [2.05, 4.69) is 11.8 Å². The lowest BCUT2D eigenvalue weighted by Gasteiger charge is -2.16. The van der Waals surface area contributed by atoms with E-state index in [1.54, 1.807) is 18.0 Å². The number of nitrogens with two attached hydrogens (primary N) is 1. The van der Waals surface area contributed by atoms with Gasteiger partial charge in [0.15, 0.2) is 0 Å². The van der Waals surface area contributed by atoms with Gasteiger partial charge in [-0.25, -0.2) is 0 Å². The SMILES string of the molecule is Cc1ccc(CN(C)C(=O)c2ccccc2C#CCN)o1. The summed E-state index contributed by atoms with van der Waals surface area (Å²) in [6, 6.07) is 11.0. The Labute approximate surface area is 124 Å². The molecule has 0 fully saturated rings. The molecule has 2 rings (SSSR count). The summed E-state index contributed by atoms with van der Waals surface area (Å²) in [6.07, 6.45) is 0. The van der Waals surface area contributed by atoms with Crippen molar-refractivity contribution in [2.45, 2.75) is 13.5 Å². The quantitative estimate of drug-likeness (QED) is 0.878. The molecule has 1 aromatic carbocycles. The summed E-state index contributed by atoms with van der Waals surface area (Å²) in [4.78, 5) is 14.1. The first-order valence-electron chi connectivity index (χ1n) is 6.70. The van der Waals surface area contributed by atoms with E-state index < -0.39 is 0 Å². The first kappa shape index (κ1) is 14.9. The average Bonchev–Trinajstić information content (AvgIpc) is 2.89. The maximum absolute atomic E-state index is 12.5. The molecule has 1 aromatic heterocycles. The topological polar surface area (TPSA) is 59.5 Å². The molecule has 21 heavy (non-hydrogen) atoms. The summed E-state index contributed by atoms with van der Waals surface area (Å²) in [5.41, 5.74) is 6.65. The number of benzene rings is 1. The molecule has 0 aliphatic rings. The largest absolute Gasteiger partial charge is 0.464 e. The van der Waals surface area contributed by atoms with Crippen LogP contribution in [0.5, 0.6) is 0 Å². The van der Waals surface area contributed by atoms with Crippen LogP contribution >= 0.6 is 0 Å². The van der Waals surface area contributed by atoms with E-state index in [0.717, 1.165) is 11.5 Å². The second-order valence-corrected chi connectivity index (χ2v) is 4.73. The first-order valence-corrected chi connectivity index (χ1v) is 6.70. The summed E-state index contributed by atoms with van der Waals surface area (Å²) in [7, 11) is 1.74. The zero-order valence-corrected chi connectivity index (χ0v) is 12.2. The third kappa shape index (κ3) is 3.74. The van der Waals surface area contributed by atoms with Crippen LogP contribution in [-0.2, 0) is 6.54 Å². The Morgan fingerprint density at radius 1 is 1.29 bits per heavy atom. The van der Waals surface area contributed by atoms with Crippen molar-refractivity contribution in [1.29, 1.82) is 0 Å². The summed E-state index contributed by atoms with van der Waals surface area (Å²) in [5.74, 6) is 7.21. The third-order valence-electron chi connectivity index (χ3n) is 3.02. The van der Waals surface area contributed by atoms with Crippen molar-refractivity contribution in [3.05, 3.63) is 59.0 Å². The molecular weight excluding hydrogens is 264 g/mol. The van der Waals surface area contributed by atoms with E-state index in [9.17, 15) is 4.79 Å². The minimum absolute atomic E-state index is 0.0917. The van der Waals surface area contributed by atoms with Crippen LogP contribution in [0.2, 0.25) is 0 Å². The predicted molar refractivity (Wildman–Crippen MR) is 81.6 cm³/mol. The van der Waals surface area contributed by atoms with Crippen molar-refractivity contribution in [3.63, 3.8) is 0 Å². The molecule has 0 spiro atoms. The highest BCUT2D eigenvalue weighted by molar-refractivity contribution is 5.96. The summed E-state index contributed by atoms with van der Waals surface area (Å²) in [5, 5.41) is 0. The van der Waals surface area contributed by atoms with Gasteiger partial charge in [-0.05, 0) is 31.2 Å². The number of hydrogen-bond acceptors (Lipinski definition) is 3. The molecule has 0 aliphatic heterocycles. The lowest BCUT2D eigenvalue weighted by Crippen LogP contribution is -2.26. The van der Waals surface area contributed by atoms with Crippen molar-refractivity contribution in [2.24, 2.45) is 5.73 Å². The van der Waals surface area contributed by atoms with Gasteiger partial charge in [0.1, 0.15) is 11.5 Å². The summed E-state index contributed by atoms with van der Waals surface area (Å²) in [6.45, 7) is 2.57. The molecule has 1 heterocycles. The highest BCUT2D eigenvalue weighted by atomic mass is 16.3. The molecule has 0 atom stereocenters. The van der Waals surface area contributed by atoms with Crippen LogP contribution < -0.4 is 5.73 Å². The molecular formula is C17H18N2O2. The van der Waals surface area contributed by atoms with Gasteiger partial charge in [-0.3, -0.25) is 4.79 Å². The monoisotopic (exact) mass is 282 g/mol. The minimum Gasteiger partial charge on any atom is -0.464 e. The number of amides is 1. The normalized spacial score (nSPS) is 9.86. The van der Waals surface area contributed by atoms with Crippen molar-refractivity contribution in [1.82, 2.24) is 4.90 Å². The lowest BCUT2D eigenvalue weighted by atomic mass is 10.1. The highest BCUT2D eigenvalue weighted by Gasteiger charge is 2.16. The molecule has 4 heteroatoms. The number of aryl methyl sites for hydroxylation is 1. The zero-order valence-electron chi connectivity index (χ0n) is 12.2. The number of rotatable bonds is 3. The second kappa shape index (κ2) is 6.78. The maximum Gasteiger partial charge on any atom is 0.255 e. The summed E-state index contributed by atoms with van der Waals surface area (Å²) < 4.78 is 5.50. The Bertz CT molecular complexity index is 692. The predicted octanol–water partition coefficient (Wildman–Crippen LogP) is 2.17. The highest BCUT2D eigenvalue weighted by Crippen LogP contribution is 2.14. The van der Waals surface area contributed by atoms with Gasteiger partial charge in [0, 0.05) is 12.6 Å². The molecule has 1 amide bonds. The number of hydrogen-bond donors (Lipinski definition) is 1. The van der Waals surface area contributed by atoms with E-state index in [0.29, 0.717) is 17.7 Å². The third-order valence-corrected chi connectivity index (χ3v) is 3.02. The van der Waals surface area contributed by atoms with Crippen LogP contribution in [0.15, 0.2) is 40.8 Å². The molecule has 4 nitrogen and oxygen atoms in total. The first-order chi connectivity index (χ1) is 10.1. The van der Waals surface area contributed by atoms with Gasteiger partial charge in [0.2, 0.25) is 0 Å². The molecule has 0 saturated carbocycles. The Morgan fingerprint density at radius 2 is 2.05 bits per heavy atom. The lowest BCUT2D eigenvalue weighted by molar-refractivity contribution is 0.0774. The fourth-order valence-electron chi connectivity index (χ4n) is 2.01. The fraction of sp³-hybridized carbons (Fsp3) is 0.235. The zero-order chi connectivity index (χ0) is 15.2. The number of carbonyl (C=O) groups is 1. The van der Waals surface area contributed by atoms with Gasteiger partial charge in [-0.2, -0.15) is 0 Å². The number of carbonyl (C=O) groups excluding carboxylic acids is 1. The Kier molecular flexibility index (Phi) is 4.81. The molecule has 0 bridgehead atoms. The molecule has 0 aliphatic carbocycles. The van der Waals surface area contributed by atoms with Gasteiger partial charge >= 0.3 is 0 Å². The molecule has 0 radical (unpaired) electrons. The Balaban J connectivity index is 2.19. The minimum atomic E-state index is -0.0917. The second-order valence-electron chi connectivity index (χ2n) is 4.73. The van der Waals surface area contributed by atoms with Gasteiger partial charge in [0.05, 0.1) is 18.7 Å². The van der Waals surface area contributed by atoms with Crippen molar-refractivity contribution in [2.75, 3.05) is 13.6 Å². The van der Waals surface area contributed by atoms with Gasteiger partial charge in [-0.1, -0.05) is 24.0 Å². The van der Waals surface area contributed by atoms with E-state index in [4.69, 9.17) is 10.2 Å². The van der Waals surface area contributed by atoms with Crippen LogP contribution in [0, 0.1) is 18.8 Å². The van der Waals surface area contributed by atoms with Crippen LogP contribution in [0.3, 0.4) is 0 Å². The van der Waals surface area contributed by atoms with Crippen LogP contribution in [-0.4, -0.2) is 24.4 Å². The summed E-state index contributed by atoms with van der Waals surface area (Å²) >= 11 is 0. The molecule has 108 valence electrons. The van der Waals surface area contributed by atoms with Gasteiger partial charge in [0.25, 0.3) is 5.91 Å². The van der Waals surface area contributed by atoms with E-state index in [-0.39, 0.29) is 12.5 Å². The van der Waals surface area contributed by atoms with Crippen LogP contribution in [0.25, 0.3) is 0 Å². The van der Waals surface area contributed by atoms with Crippen molar-refractivity contribution >= 4 is 5.91 Å². The average molecular weight is 282 g/mol. The van der Waals surface area contributed by atoms with E-state index in [1.807, 2.05) is 37.3 Å².